The highest BCUT2D eigenvalue weighted by atomic mass is 16.6. The molecule has 1 N–H and O–H groups in total. The summed E-state index contributed by atoms with van der Waals surface area (Å²) in [5.41, 5.74) is 1.38. The molecule has 5 aromatic carbocycles. The van der Waals surface area contributed by atoms with Crippen molar-refractivity contribution in [3.05, 3.63) is 191 Å². The molecule has 0 radical (unpaired) electrons. The maximum atomic E-state index is 14.6. The lowest BCUT2D eigenvalue weighted by Crippen LogP contribution is -2.82. The maximum absolute atomic E-state index is 14.6. The molecule has 0 aromatic heterocycles. The molecule has 7 rings (SSSR count). The molecule has 2 saturated heterocycles. The Morgan fingerprint density at radius 1 is 0.690 bits per heavy atom. The summed E-state index contributed by atoms with van der Waals surface area (Å²) in [6.45, 7) is 3.81. The molecule has 58 heavy (non-hydrogen) atoms. The van der Waals surface area contributed by atoms with Gasteiger partial charge in [0.2, 0.25) is 5.91 Å². The minimum atomic E-state index is -2.16. The summed E-state index contributed by atoms with van der Waals surface area (Å²) < 4.78 is 29.9. The quantitative estimate of drug-likeness (QED) is 0.0288. The van der Waals surface area contributed by atoms with Crippen molar-refractivity contribution in [2.75, 3.05) is 20.3 Å². The molecule has 0 bridgehead atoms. The number of hydrogen-bond acceptors (Lipinski definition) is 9. The SMILES string of the molecule is CO[C@]1(NC(=O)C(C(=O)OC(c2ccccc2)c2ccccc2)c2ccccc2)C(=O)N(C(C(=O)OC(c2ccccc2)c2ccccc2)=C(C)C)[C@H]1OCC1CO1. The lowest BCUT2D eigenvalue weighted by atomic mass is 9.92. The Labute approximate surface area is 337 Å². The fourth-order valence-corrected chi connectivity index (χ4v) is 6.99. The van der Waals surface area contributed by atoms with Crippen LogP contribution in [0, 0.1) is 0 Å². The van der Waals surface area contributed by atoms with Crippen molar-refractivity contribution < 1.29 is 42.9 Å². The van der Waals surface area contributed by atoms with Crippen LogP contribution >= 0.6 is 0 Å². The predicted molar refractivity (Wildman–Crippen MR) is 213 cm³/mol. The number of epoxide rings is 1. The fraction of sp³-hybridized carbons (Fsp3) is 0.234. The number of methoxy groups -OCH3 is 1. The van der Waals surface area contributed by atoms with E-state index in [1.165, 1.54) is 7.11 Å². The van der Waals surface area contributed by atoms with Crippen molar-refractivity contribution in [1.29, 1.82) is 0 Å². The number of esters is 2. The van der Waals surface area contributed by atoms with Crippen LogP contribution in [0.1, 0.15) is 59.8 Å². The second-order valence-corrected chi connectivity index (χ2v) is 14.2. The molecule has 2 aliphatic rings. The zero-order valence-electron chi connectivity index (χ0n) is 32.4. The van der Waals surface area contributed by atoms with Gasteiger partial charge in [0, 0.05) is 7.11 Å². The molecule has 2 unspecified atom stereocenters. The lowest BCUT2D eigenvalue weighted by molar-refractivity contribution is -0.256. The molecular formula is C47H44N2O9. The van der Waals surface area contributed by atoms with E-state index in [4.69, 9.17) is 23.7 Å². The van der Waals surface area contributed by atoms with Gasteiger partial charge in [0.15, 0.2) is 24.4 Å². The zero-order chi connectivity index (χ0) is 40.6. The number of rotatable bonds is 16. The first-order valence-electron chi connectivity index (χ1n) is 19.0. The highest BCUT2D eigenvalue weighted by Gasteiger charge is 2.67. The van der Waals surface area contributed by atoms with Gasteiger partial charge >= 0.3 is 11.9 Å². The van der Waals surface area contributed by atoms with Crippen LogP contribution in [0.2, 0.25) is 0 Å². The Bertz CT molecular complexity index is 2150. The first-order valence-corrected chi connectivity index (χ1v) is 19.0. The second-order valence-electron chi connectivity index (χ2n) is 14.2. The molecule has 4 atom stereocenters. The third-order valence-corrected chi connectivity index (χ3v) is 10.00. The Morgan fingerprint density at radius 2 is 1.10 bits per heavy atom. The first-order chi connectivity index (χ1) is 28.2. The van der Waals surface area contributed by atoms with Gasteiger partial charge in [0.05, 0.1) is 13.2 Å². The molecule has 2 amide bonds. The van der Waals surface area contributed by atoms with E-state index in [1.807, 2.05) is 121 Å². The Hall–Kier alpha value is -6.40. The van der Waals surface area contributed by atoms with E-state index in [0.29, 0.717) is 28.9 Å². The fourth-order valence-electron chi connectivity index (χ4n) is 6.99. The molecule has 2 aliphatic heterocycles. The molecule has 0 aliphatic carbocycles. The van der Waals surface area contributed by atoms with Crippen LogP contribution in [0.5, 0.6) is 0 Å². The first kappa shape index (κ1) is 39.8. The number of benzene rings is 5. The number of nitrogens with zero attached hydrogens (tertiary/aromatic N) is 1. The normalized spacial score (nSPS) is 18.8. The lowest BCUT2D eigenvalue weighted by Gasteiger charge is -2.54. The largest absolute Gasteiger partial charge is 0.452 e. The minimum absolute atomic E-state index is 0.0250. The van der Waals surface area contributed by atoms with Crippen LogP contribution in [-0.4, -0.2) is 67.0 Å². The third-order valence-electron chi connectivity index (χ3n) is 10.00. The summed E-state index contributed by atoms with van der Waals surface area (Å²) in [6.07, 6.45) is -3.27. The Balaban J connectivity index is 1.20. The number of carbonyl (C=O) groups is 4. The van der Waals surface area contributed by atoms with Crippen LogP contribution in [0.15, 0.2) is 163 Å². The maximum Gasteiger partial charge on any atom is 0.356 e. The number of amides is 2. The predicted octanol–water partition coefficient (Wildman–Crippen LogP) is 6.77. The zero-order valence-corrected chi connectivity index (χ0v) is 32.4. The molecule has 2 heterocycles. The average molecular weight is 781 g/mol. The highest BCUT2D eigenvalue weighted by molar-refractivity contribution is 6.08. The summed E-state index contributed by atoms with van der Waals surface area (Å²) in [5, 5.41) is 2.72. The van der Waals surface area contributed by atoms with Crippen molar-refractivity contribution in [3.8, 4) is 0 Å². The molecule has 0 saturated carbocycles. The standard InChI is InChI=1S/C47H44N2O9/c1-31(2)39(44(52)58-41(35-25-15-7-16-26-35)36-27-17-8-18-28-36)49-45(53)47(54-3,46(49)56-30-37-29-55-37)48-42(50)38(32-19-9-4-10-20-32)43(51)57-40(33-21-11-5-12-22-33)34-23-13-6-14-24-34/h4-28,37-38,40-41,46H,29-30H2,1-3H3,(H,48,50)/t37?,38?,46-,47+/m0/s1. The van der Waals surface area contributed by atoms with Gasteiger partial charge in [0.25, 0.3) is 11.6 Å². The van der Waals surface area contributed by atoms with Crippen molar-refractivity contribution in [2.24, 2.45) is 0 Å². The van der Waals surface area contributed by atoms with E-state index in [9.17, 15) is 19.2 Å². The molecule has 2 fully saturated rings. The molecule has 296 valence electrons. The van der Waals surface area contributed by atoms with E-state index in [2.05, 4.69) is 5.32 Å². The number of likely N-dealkylation sites (tertiary alicyclic amines) is 1. The molecule has 11 nitrogen and oxygen atoms in total. The summed E-state index contributed by atoms with van der Waals surface area (Å²) in [6, 6.07) is 45.4. The van der Waals surface area contributed by atoms with Crippen LogP contribution in [0.4, 0.5) is 0 Å². The van der Waals surface area contributed by atoms with Gasteiger partial charge < -0.3 is 29.0 Å². The van der Waals surface area contributed by atoms with E-state index in [1.54, 1.807) is 44.2 Å². The number of carbonyl (C=O) groups excluding carboxylic acids is 4. The Morgan fingerprint density at radius 3 is 1.50 bits per heavy atom. The molecule has 11 heteroatoms. The van der Waals surface area contributed by atoms with Gasteiger partial charge in [-0.05, 0) is 47.2 Å². The van der Waals surface area contributed by atoms with Crippen LogP contribution in [0.3, 0.4) is 0 Å². The molecule has 0 spiro atoms. The number of allylic oxidation sites excluding steroid dienone is 1. The highest BCUT2D eigenvalue weighted by Crippen LogP contribution is 2.40. The molecular weight excluding hydrogens is 737 g/mol. The summed E-state index contributed by atoms with van der Waals surface area (Å²) in [5.74, 6) is -4.88. The summed E-state index contributed by atoms with van der Waals surface area (Å²) in [7, 11) is 1.25. The topological polar surface area (TPSA) is 133 Å². The van der Waals surface area contributed by atoms with Crippen molar-refractivity contribution >= 4 is 23.8 Å². The van der Waals surface area contributed by atoms with E-state index < -0.39 is 53.8 Å². The number of hydrogen-bond donors (Lipinski definition) is 1. The van der Waals surface area contributed by atoms with E-state index in [0.717, 1.165) is 16.0 Å². The van der Waals surface area contributed by atoms with Crippen LogP contribution < -0.4 is 5.32 Å². The van der Waals surface area contributed by atoms with Crippen LogP contribution in [-0.2, 0) is 42.9 Å². The average Bonchev–Trinajstić information content (AvgIpc) is 4.10. The summed E-state index contributed by atoms with van der Waals surface area (Å²) >= 11 is 0. The van der Waals surface area contributed by atoms with Crippen molar-refractivity contribution in [1.82, 2.24) is 10.2 Å². The van der Waals surface area contributed by atoms with E-state index >= 15 is 0 Å². The van der Waals surface area contributed by atoms with Gasteiger partial charge in [-0.2, -0.15) is 0 Å². The number of ether oxygens (including phenoxy) is 5. The number of nitrogens with one attached hydrogen (secondary N) is 1. The van der Waals surface area contributed by atoms with Gasteiger partial charge in [0.1, 0.15) is 11.8 Å². The van der Waals surface area contributed by atoms with Crippen LogP contribution in [0.25, 0.3) is 0 Å². The summed E-state index contributed by atoms with van der Waals surface area (Å²) in [4.78, 5) is 59.0. The minimum Gasteiger partial charge on any atom is -0.452 e. The van der Waals surface area contributed by atoms with Gasteiger partial charge in [-0.1, -0.05) is 152 Å². The number of β-lactam (4-membered cyclic amide) rings is 1. The van der Waals surface area contributed by atoms with Gasteiger partial charge in [-0.25, -0.2) is 4.79 Å². The third kappa shape index (κ3) is 8.47. The molecule has 5 aromatic rings. The Kier molecular flexibility index (Phi) is 12.2. The van der Waals surface area contributed by atoms with Gasteiger partial charge in [-0.15, -0.1) is 0 Å². The van der Waals surface area contributed by atoms with Gasteiger partial charge in [-0.3, -0.25) is 19.3 Å². The second kappa shape index (κ2) is 17.8. The van der Waals surface area contributed by atoms with E-state index in [-0.39, 0.29) is 18.4 Å². The van der Waals surface area contributed by atoms with Crippen molar-refractivity contribution in [3.63, 3.8) is 0 Å². The van der Waals surface area contributed by atoms with Crippen molar-refractivity contribution in [2.45, 2.75) is 50.0 Å². The smallest absolute Gasteiger partial charge is 0.356 e. The monoisotopic (exact) mass is 780 g/mol.